The molecule has 1 aliphatic carbocycles. The number of nitrogens with one attached hydrogen (secondary N) is 1. The fourth-order valence-electron chi connectivity index (χ4n) is 3.08. The standard InChI is InChI=1S/C17H17N3OS2/c21-16(11-5-2-1-3-6-11)19-15-13-9-12(14-7-4-8-22-14)10-18-17(13)23-20-15/h4,7-11H,1-3,5-6H2,(H,19,20,21). The summed E-state index contributed by atoms with van der Waals surface area (Å²) in [4.78, 5) is 19.0. The zero-order valence-electron chi connectivity index (χ0n) is 12.6. The summed E-state index contributed by atoms with van der Waals surface area (Å²) in [5.41, 5.74) is 1.07. The number of carbonyl (C=O) groups excluding carboxylic acids is 1. The van der Waals surface area contributed by atoms with Crippen molar-refractivity contribution in [3.05, 3.63) is 29.8 Å². The first-order valence-corrected chi connectivity index (χ1v) is 9.57. The molecule has 1 amide bonds. The molecule has 0 unspecified atom stereocenters. The number of pyridine rings is 1. The maximum Gasteiger partial charge on any atom is 0.228 e. The van der Waals surface area contributed by atoms with E-state index in [0.717, 1.165) is 41.5 Å². The first kappa shape index (κ1) is 14.8. The fourth-order valence-corrected chi connectivity index (χ4v) is 4.47. The van der Waals surface area contributed by atoms with E-state index in [2.05, 4.69) is 32.2 Å². The Kier molecular flexibility index (Phi) is 4.10. The topological polar surface area (TPSA) is 54.9 Å². The van der Waals surface area contributed by atoms with Crippen molar-refractivity contribution < 1.29 is 4.79 Å². The van der Waals surface area contributed by atoms with E-state index in [-0.39, 0.29) is 11.8 Å². The molecule has 3 aromatic rings. The average Bonchev–Trinajstić information content (AvgIpc) is 3.25. The van der Waals surface area contributed by atoms with Crippen LogP contribution in [-0.4, -0.2) is 15.3 Å². The number of hydrogen-bond acceptors (Lipinski definition) is 5. The molecule has 1 N–H and O–H groups in total. The van der Waals surface area contributed by atoms with Crippen LogP contribution in [0.4, 0.5) is 5.82 Å². The van der Waals surface area contributed by atoms with Gasteiger partial charge >= 0.3 is 0 Å². The van der Waals surface area contributed by atoms with Crippen LogP contribution in [0.15, 0.2) is 29.8 Å². The van der Waals surface area contributed by atoms with Crippen LogP contribution in [0.25, 0.3) is 20.7 Å². The number of thiophene rings is 1. The van der Waals surface area contributed by atoms with Crippen molar-refractivity contribution in [1.29, 1.82) is 0 Å². The normalized spacial score (nSPS) is 15.8. The number of fused-ring (bicyclic) bond motifs is 1. The van der Waals surface area contributed by atoms with Crippen molar-refractivity contribution in [2.75, 3.05) is 5.32 Å². The Labute approximate surface area is 142 Å². The van der Waals surface area contributed by atoms with Gasteiger partial charge in [-0.3, -0.25) is 4.79 Å². The molecular formula is C17H17N3OS2. The molecule has 118 valence electrons. The summed E-state index contributed by atoms with van der Waals surface area (Å²) in [6.07, 6.45) is 7.41. The van der Waals surface area contributed by atoms with E-state index in [1.165, 1.54) is 22.8 Å². The number of amides is 1. The molecule has 1 saturated carbocycles. The van der Waals surface area contributed by atoms with Gasteiger partial charge in [0.15, 0.2) is 5.82 Å². The average molecular weight is 343 g/mol. The third-order valence-electron chi connectivity index (χ3n) is 4.35. The van der Waals surface area contributed by atoms with E-state index in [0.29, 0.717) is 5.82 Å². The Morgan fingerprint density at radius 3 is 2.91 bits per heavy atom. The number of rotatable bonds is 3. The van der Waals surface area contributed by atoms with Crippen molar-refractivity contribution in [2.24, 2.45) is 5.92 Å². The van der Waals surface area contributed by atoms with Gasteiger partial charge in [-0.05, 0) is 41.9 Å². The van der Waals surface area contributed by atoms with Gasteiger partial charge in [0.2, 0.25) is 5.91 Å². The van der Waals surface area contributed by atoms with Gasteiger partial charge in [-0.15, -0.1) is 11.3 Å². The molecule has 0 spiro atoms. The van der Waals surface area contributed by atoms with Crippen LogP contribution in [0.3, 0.4) is 0 Å². The van der Waals surface area contributed by atoms with Gasteiger partial charge in [-0.1, -0.05) is 25.3 Å². The van der Waals surface area contributed by atoms with Crippen LogP contribution >= 0.6 is 22.9 Å². The molecule has 1 aliphatic rings. The monoisotopic (exact) mass is 343 g/mol. The van der Waals surface area contributed by atoms with E-state index in [1.807, 2.05) is 12.3 Å². The number of carbonyl (C=O) groups is 1. The lowest BCUT2D eigenvalue weighted by molar-refractivity contribution is -0.120. The maximum absolute atomic E-state index is 12.5. The largest absolute Gasteiger partial charge is 0.309 e. The second kappa shape index (κ2) is 6.37. The second-order valence-corrected chi connectivity index (χ2v) is 7.61. The molecule has 0 radical (unpaired) electrons. The fraction of sp³-hybridized carbons (Fsp3) is 0.353. The van der Waals surface area contributed by atoms with E-state index >= 15 is 0 Å². The van der Waals surface area contributed by atoms with Crippen LogP contribution in [0.5, 0.6) is 0 Å². The van der Waals surface area contributed by atoms with Gasteiger partial charge in [-0.25, -0.2) is 4.98 Å². The highest BCUT2D eigenvalue weighted by molar-refractivity contribution is 7.14. The van der Waals surface area contributed by atoms with E-state index in [9.17, 15) is 4.79 Å². The quantitative estimate of drug-likeness (QED) is 0.733. The zero-order valence-corrected chi connectivity index (χ0v) is 14.3. The predicted octanol–water partition coefficient (Wildman–Crippen LogP) is 4.94. The Morgan fingerprint density at radius 1 is 1.26 bits per heavy atom. The molecule has 0 saturated heterocycles. The van der Waals surface area contributed by atoms with Gasteiger partial charge < -0.3 is 5.32 Å². The Hall–Kier alpha value is -1.79. The Morgan fingerprint density at radius 2 is 2.13 bits per heavy atom. The highest BCUT2D eigenvalue weighted by atomic mass is 32.1. The molecule has 3 aromatic heterocycles. The molecule has 0 atom stereocenters. The summed E-state index contributed by atoms with van der Waals surface area (Å²) in [5.74, 6) is 0.902. The number of nitrogens with zero attached hydrogens (tertiary/aromatic N) is 2. The molecule has 4 nitrogen and oxygen atoms in total. The van der Waals surface area contributed by atoms with E-state index < -0.39 is 0 Å². The van der Waals surface area contributed by atoms with Crippen molar-refractivity contribution >= 4 is 44.8 Å². The SMILES string of the molecule is O=C(Nc1nsc2ncc(-c3cccs3)cc12)C1CCCCC1. The molecule has 0 bridgehead atoms. The summed E-state index contributed by atoms with van der Waals surface area (Å²) in [7, 11) is 0. The van der Waals surface area contributed by atoms with Crippen LogP contribution in [-0.2, 0) is 4.79 Å². The zero-order chi connectivity index (χ0) is 15.6. The van der Waals surface area contributed by atoms with Gasteiger partial charge in [0, 0.05) is 22.6 Å². The lowest BCUT2D eigenvalue weighted by atomic mass is 9.89. The first-order valence-electron chi connectivity index (χ1n) is 7.91. The van der Waals surface area contributed by atoms with Gasteiger partial charge in [0.05, 0.1) is 5.39 Å². The first-order chi connectivity index (χ1) is 11.3. The molecule has 23 heavy (non-hydrogen) atoms. The minimum Gasteiger partial charge on any atom is -0.309 e. The smallest absolute Gasteiger partial charge is 0.228 e. The van der Waals surface area contributed by atoms with Crippen molar-refractivity contribution in [3.8, 4) is 10.4 Å². The molecule has 6 heteroatoms. The van der Waals surface area contributed by atoms with Crippen molar-refractivity contribution in [3.63, 3.8) is 0 Å². The molecule has 1 fully saturated rings. The summed E-state index contributed by atoms with van der Waals surface area (Å²) >= 11 is 3.02. The third kappa shape index (κ3) is 3.01. The molecule has 3 heterocycles. The second-order valence-electron chi connectivity index (χ2n) is 5.91. The number of anilines is 1. The van der Waals surface area contributed by atoms with Gasteiger partial charge in [0.25, 0.3) is 0 Å². The lowest BCUT2D eigenvalue weighted by Gasteiger charge is -2.20. The summed E-state index contributed by atoms with van der Waals surface area (Å²) < 4.78 is 4.40. The highest BCUT2D eigenvalue weighted by Crippen LogP contribution is 2.32. The lowest BCUT2D eigenvalue weighted by Crippen LogP contribution is -2.24. The summed E-state index contributed by atoms with van der Waals surface area (Å²) in [5, 5.41) is 6.02. The van der Waals surface area contributed by atoms with Gasteiger partial charge in [0.1, 0.15) is 4.83 Å². The van der Waals surface area contributed by atoms with E-state index in [1.54, 1.807) is 11.3 Å². The van der Waals surface area contributed by atoms with Crippen LogP contribution in [0, 0.1) is 5.92 Å². The Bertz CT molecular complexity index is 820. The third-order valence-corrected chi connectivity index (χ3v) is 6.04. The summed E-state index contributed by atoms with van der Waals surface area (Å²) in [6.45, 7) is 0. The van der Waals surface area contributed by atoms with Crippen molar-refractivity contribution in [1.82, 2.24) is 9.36 Å². The highest BCUT2D eigenvalue weighted by Gasteiger charge is 2.22. The Balaban J connectivity index is 1.62. The molecule has 0 aromatic carbocycles. The molecule has 4 rings (SSSR count). The maximum atomic E-state index is 12.5. The molecular weight excluding hydrogens is 326 g/mol. The molecule has 0 aliphatic heterocycles. The van der Waals surface area contributed by atoms with Crippen LogP contribution < -0.4 is 5.32 Å². The number of hydrogen-bond donors (Lipinski definition) is 1. The van der Waals surface area contributed by atoms with Gasteiger partial charge in [-0.2, -0.15) is 4.37 Å². The van der Waals surface area contributed by atoms with E-state index in [4.69, 9.17) is 0 Å². The predicted molar refractivity (Wildman–Crippen MR) is 95.9 cm³/mol. The number of aromatic nitrogens is 2. The van der Waals surface area contributed by atoms with Crippen molar-refractivity contribution in [2.45, 2.75) is 32.1 Å². The van der Waals surface area contributed by atoms with Crippen LogP contribution in [0.2, 0.25) is 0 Å². The van der Waals surface area contributed by atoms with Crippen LogP contribution in [0.1, 0.15) is 32.1 Å². The minimum atomic E-state index is 0.110. The summed E-state index contributed by atoms with van der Waals surface area (Å²) in [6, 6.07) is 6.18. The minimum absolute atomic E-state index is 0.110.